The fourth-order valence-electron chi connectivity index (χ4n) is 1.39. The standard InChI is InChI=1S/C11H14Cl2N2O3/c1-11(2,6-16)14(3)10-8(12)4-7(15(17)18)5-9(10)13/h4-5,16H,6H2,1-3H3. The van der Waals surface area contributed by atoms with E-state index in [2.05, 4.69) is 0 Å². The van der Waals surface area contributed by atoms with Crippen LogP contribution in [0.1, 0.15) is 13.8 Å². The van der Waals surface area contributed by atoms with Crippen molar-refractivity contribution in [1.29, 1.82) is 0 Å². The molecule has 0 aliphatic rings. The summed E-state index contributed by atoms with van der Waals surface area (Å²) < 4.78 is 0. The van der Waals surface area contributed by atoms with Crippen molar-refractivity contribution in [3.8, 4) is 0 Å². The lowest BCUT2D eigenvalue weighted by Crippen LogP contribution is -2.44. The first-order valence-electron chi connectivity index (χ1n) is 5.19. The van der Waals surface area contributed by atoms with E-state index in [1.165, 1.54) is 12.1 Å². The van der Waals surface area contributed by atoms with Crippen molar-refractivity contribution in [2.24, 2.45) is 0 Å². The third-order valence-electron chi connectivity index (χ3n) is 2.84. The van der Waals surface area contributed by atoms with Crippen LogP contribution in [0.5, 0.6) is 0 Å². The zero-order valence-corrected chi connectivity index (χ0v) is 11.8. The molecular weight excluding hydrogens is 279 g/mol. The van der Waals surface area contributed by atoms with Crippen LogP contribution in [-0.4, -0.2) is 29.2 Å². The highest BCUT2D eigenvalue weighted by molar-refractivity contribution is 6.39. The number of aliphatic hydroxyl groups excluding tert-OH is 1. The molecule has 0 saturated carbocycles. The zero-order chi connectivity index (χ0) is 14.1. The smallest absolute Gasteiger partial charge is 0.272 e. The molecular formula is C11H14Cl2N2O3. The molecule has 1 rings (SSSR count). The summed E-state index contributed by atoms with van der Waals surface area (Å²) in [6.07, 6.45) is 0. The Kier molecular flexibility index (Phi) is 4.42. The molecule has 1 aromatic rings. The fourth-order valence-corrected chi connectivity index (χ4v) is 2.12. The van der Waals surface area contributed by atoms with E-state index in [0.29, 0.717) is 5.69 Å². The lowest BCUT2D eigenvalue weighted by molar-refractivity contribution is -0.384. The summed E-state index contributed by atoms with van der Waals surface area (Å²) in [6.45, 7) is 3.51. The number of rotatable bonds is 4. The van der Waals surface area contributed by atoms with Gasteiger partial charge < -0.3 is 10.0 Å². The van der Waals surface area contributed by atoms with Crippen molar-refractivity contribution in [2.75, 3.05) is 18.6 Å². The lowest BCUT2D eigenvalue weighted by atomic mass is 10.0. The summed E-state index contributed by atoms with van der Waals surface area (Å²) in [5, 5.41) is 20.3. The Morgan fingerprint density at radius 2 is 1.83 bits per heavy atom. The summed E-state index contributed by atoms with van der Waals surface area (Å²) in [7, 11) is 1.72. The van der Waals surface area contributed by atoms with E-state index in [-0.39, 0.29) is 22.3 Å². The largest absolute Gasteiger partial charge is 0.394 e. The molecule has 0 unspecified atom stereocenters. The summed E-state index contributed by atoms with van der Waals surface area (Å²) in [6, 6.07) is 2.49. The Morgan fingerprint density at radius 3 is 2.17 bits per heavy atom. The van der Waals surface area contributed by atoms with Gasteiger partial charge in [0.05, 0.1) is 32.8 Å². The molecule has 1 N–H and O–H groups in total. The molecule has 18 heavy (non-hydrogen) atoms. The molecule has 7 heteroatoms. The normalized spacial score (nSPS) is 11.4. The van der Waals surface area contributed by atoms with E-state index in [1.807, 2.05) is 0 Å². The van der Waals surface area contributed by atoms with Crippen LogP contribution in [0.4, 0.5) is 11.4 Å². The van der Waals surface area contributed by atoms with E-state index in [4.69, 9.17) is 23.2 Å². The van der Waals surface area contributed by atoms with Gasteiger partial charge in [-0.05, 0) is 13.8 Å². The minimum absolute atomic E-state index is 0.104. The number of likely N-dealkylation sites (N-methyl/N-ethyl adjacent to an activating group) is 1. The molecule has 0 heterocycles. The van der Waals surface area contributed by atoms with E-state index in [0.717, 1.165) is 0 Å². The molecule has 100 valence electrons. The maximum absolute atomic E-state index is 10.7. The van der Waals surface area contributed by atoms with Gasteiger partial charge >= 0.3 is 0 Å². The molecule has 1 aromatic carbocycles. The van der Waals surface area contributed by atoms with Crippen LogP contribution in [0, 0.1) is 10.1 Å². The van der Waals surface area contributed by atoms with Crippen molar-refractivity contribution in [2.45, 2.75) is 19.4 Å². The van der Waals surface area contributed by atoms with E-state index < -0.39 is 10.5 Å². The third kappa shape index (κ3) is 2.85. The van der Waals surface area contributed by atoms with E-state index in [1.54, 1.807) is 25.8 Å². The van der Waals surface area contributed by atoms with Gasteiger partial charge in [0.15, 0.2) is 0 Å². The van der Waals surface area contributed by atoms with Crippen molar-refractivity contribution in [1.82, 2.24) is 0 Å². The maximum atomic E-state index is 10.7. The quantitative estimate of drug-likeness (QED) is 0.684. The SMILES string of the molecule is CN(c1c(Cl)cc([N+](=O)[O-])cc1Cl)C(C)(C)CO. The van der Waals surface area contributed by atoms with Crippen molar-refractivity contribution in [3.05, 3.63) is 32.3 Å². The zero-order valence-electron chi connectivity index (χ0n) is 10.3. The first kappa shape index (κ1) is 15.0. The van der Waals surface area contributed by atoms with Gasteiger partial charge in [0, 0.05) is 19.2 Å². The predicted molar refractivity (Wildman–Crippen MR) is 72.7 cm³/mol. The molecule has 0 amide bonds. The monoisotopic (exact) mass is 292 g/mol. The lowest BCUT2D eigenvalue weighted by Gasteiger charge is -2.36. The highest BCUT2D eigenvalue weighted by Gasteiger charge is 2.27. The minimum Gasteiger partial charge on any atom is -0.394 e. The number of anilines is 1. The number of non-ortho nitro benzene ring substituents is 1. The number of halogens is 2. The van der Waals surface area contributed by atoms with Crippen molar-refractivity contribution >= 4 is 34.6 Å². The van der Waals surface area contributed by atoms with Gasteiger partial charge in [0.2, 0.25) is 0 Å². The molecule has 0 spiro atoms. The first-order valence-corrected chi connectivity index (χ1v) is 5.94. The second-order valence-corrected chi connectivity index (χ2v) is 5.36. The Labute approximate surface area is 115 Å². The van der Waals surface area contributed by atoms with Gasteiger partial charge in [-0.2, -0.15) is 0 Å². The molecule has 0 aromatic heterocycles. The fraction of sp³-hybridized carbons (Fsp3) is 0.455. The van der Waals surface area contributed by atoms with Crippen LogP contribution in [-0.2, 0) is 0 Å². The number of nitro benzene ring substituents is 1. The van der Waals surface area contributed by atoms with Gasteiger partial charge in [-0.3, -0.25) is 10.1 Å². The molecule has 0 fully saturated rings. The molecule has 0 radical (unpaired) electrons. The second kappa shape index (κ2) is 5.30. The minimum atomic E-state index is -0.580. The number of benzene rings is 1. The molecule has 0 bridgehead atoms. The molecule has 0 atom stereocenters. The molecule has 0 aliphatic carbocycles. The van der Waals surface area contributed by atoms with Crippen LogP contribution in [0.15, 0.2) is 12.1 Å². The average molecular weight is 293 g/mol. The molecule has 0 saturated heterocycles. The number of nitro groups is 1. The number of hydrogen-bond donors (Lipinski definition) is 1. The van der Waals surface area contributed by atoms with Crippen LogP contribution >= 0.6 is 23.2 Å². The first-order chi connectivity index (χ1) is 8.20. The van der Waals surface area contributed by atoms with Crippen molar-refractivity contribution < 1.29 is 10.0 Å². The number of hydrogen-bond acceptors (Lipinski definition) is 4. The topological polar surface area (TPSA) is 66.6 Å². The molecule has 0 aliphatic heterocycles. The highest BCUT2D eigenvalue weighted by atomic mass is 35.5. The van der Waals surface area contributed by atoms with Gasteiger partial charge in [-0.15, -0.1) is 0 Å². The van der Waals surface area contributed by atoms with Gasteiger partial charge in [0.1, 0.15) is 0 Å². The number of aliphatic hydroxyl groups is 1. The van der Waals surface area contributed by atoms with Gasteiger partial charge in [0.25, 0.3) is 5.69 Å². The summed E-state index contributed by atoms with van der Waals surface area (Å²) in [4.78, 5) is 11.8. The summed E-state index contributed by atoms with van der Waals surface area (Å²) in [5.74, 6) is 0. The summed E-state index contributed by atoms with van der Waals surface area (Å²) in [5.41, 5.74) is -0.282. The second-order valence-electron chi connectivity index (χ2n) is 4.54. The molecule has 5 nitrogen and oxygen atoms in total. The van der Waals surface area contributed by atoms with Crippen LogP contribution < -0.4 is 4.90 Å². The van der Waals surface area contributed by atoms with Gasteiger partial charge in [-0.1, -0.05) is 23.2 Å². The van der Waals surface area contributed by atoms with Crippen LogP contribution in [0.3, 0.4) is 0 Å². The van der Waals surface area contributed by atoms with Crippen molar-refractivity contribution in [3.63, 3.8) is 0 Å². The Morgan fingerprint density at radius 1 is 1.39 bits per heavy atom. The van der Waals surface area contributed by atoms with E-state index in [9.17, 15) is 15.2 Å². The third-order valence-corrected chi connectivity index (χ3v) is 3.42. The highest BCUT2D eigenvalue weighted by Crippen LogP contribution is 2.39. The van der Waals surface area contributed by atoms with Gasteiger partial charge in [-0.25, -0.2) is 0 Å². The van der Waals surface area contributed by atoms with Crippen LogP contribution in [0.25, 0.3) is 0 Å². The maximum Gasteiger partial charge on any atom is 0.272 e. The Balaban J connectivity index is 3.31. The van der Waals surface area contributed by atoms with Crippen LogP contribution in [0.2, 0.25) is 10.0 Å². The summed E-state index contributed by atoms with van der Waals surface area (Å²) >= 11 is 12.0. The predicted octanol–water partition coefficient (Wildman–Crippen LogP) is 3.11. The van der Waals surface area contributed by atoms with E-state index >= 15 is 0 Å². The average Bonchev–Trinajstić information content (AvgIpc) is 2.27. The number of nitrogens with zero attached hydrogens (tertiary/aromatic N) is 2. The Hall–Kier alpha value is -1.04. The Bertz CT molecular complexity index is 454.